The Morgan fingerprint density at radius 1 is 1.20 bits per heavy atom. The van der Waals surface area contributed by atoms with Crippen LogP contribution in [0.4, 0.5) is 5.69 Å². The van der Waals surface area contributed by atoms with Crippen LogP contribution in [0.3, 0.4) is 0 Å². The average molecular weight is 334 g/mol. The number of rotatable bonds is 3. The molecule has 2 aromatic carbocycles. The molecule has 0 saturated heterocycles. The lowest BCUT2D eigenvalue weighted by Gasteiger charge is -2.09. The predicted molar refractivity (Wildman–Crippen MR) is 83.6 cm³/mol. The van der Waals surface area contributed by atoms with Crippen molar-refractivity contribution in [3.8, 4) is 0 Å². The highest BCUT2D eigenvalue weighted by molar-refractivity contribution is 9.10. The van der Waals surface area contributed by atoms with E-state index in [9.17, 15) is 4.79 Å². The Hall–Kier alpha value is -1.81. The summed E-state index contributed by atoms with van der Waals surface area (Å²) >= 11 is 3.29. The number of esters is 1. The molecule has 4 heteroatoms. The minimum Gasteiger partial charge on any atom is -0.457 e. The number of benzene rings is 2. The van der Waals surface area contributed by atoms with Crippen LogP contribution in [0.15, 0.2) is 40.9 Å². The van der Waals surface area contributed by atoms with Gasteiger partial charge in [-0.2, -0.15) is 0 Å². The maximum atomic E-state index is 12.0. The smallest absolute Gasteiger partial charge is 0.338 e. The van der Waals surface area contributed by atoms with Gasteiger partial charge in [0.05, 0.1) is 5.56 Å². The fraction of sp³-hybridized carbons (Fsp3) is 0.188. The zero-order valence-electron chi connectivity index (χ0n) is 11.4. The summed E-state index contributed by atoms with van der Waals surface area (Å²) in [5.74, 6) is -0.370. The van der Waals surface area contributed by atoms with Gasteiger partial charge in [-0.05, 0) is 59.1 Å². The van der Waals surface area contributed by atoms with Crippen LogP contribution in [0.1, 0.15) is 27.0 Å². The molecule has 0 aliphatic heterocycles. The lowest BCUT2D eigenvalue weighted by atomic mass is 10.1. The zero-order chi connectivity index (χ0) is 14.7. The summed E-state index contributed by atoms with van der Waals surface area (Å²) in [5, 5.41) is 0. The summed E-state index contributed by atoms with van der Waals surface area (Å²) in [6, 6.07) is 11.1. The van der Waals surface area contributed by atoms with E-state index >= 15 is 0 Å². The second-order valence-corrected chi connectivity index (χ2v) is 5.60. The highest BCUT2D eigenvalue weighted by Crippen LogP contribution is 2.21. The Bertz CT molecular complexity index is 653. The number of hydrogen-bond acceptors (Lipinski definition) is 3. The zero-order valence-corrected chi connectivity index (χ0v) is 13.0. The fourth-order valence-electron chi connectivity index (χ4n) is 1.85. The Morgan fingerprint density at radius 2 is 1.95 bits per heavy atom. The van der Waals surface area contributed by atoms with Gasteiger partial charge in [-0.25, -0.2) is 4.79 Å². The number of nitrogen functional groups attached to an aromatic ring is 1. The van der Waals surface area contributed by atoms with Gasteiger partial charge in [0, 0.05) is 10.2 Å². The molecule has 3 nitrogen and oxygen atoms in total. The molecule has 0 fully saturated rings. The lowest BCUT2D eigenvalue weighted by Crippen LogP contribution is -2.07. The molecule has 0 heterocycles. The van der Waals surface area contributed by atoms with Crippen LogP contribution < -0.4 is 5.73 Å². The van der Waals surface area contributed by atoms with Crippen LogP contribution in [0, 0.1) is 13.8 Å². The molecule has 0 spiro atoms. The molecule has 0 amide bonds. The Kier molecular flexibility index (Phi) is 4.45. The molecule has 0 saturated carbocycles. The van der Waals surface area contributed by atoms with Gasteiger partial charge in [0.15, 0.2) is 0 Å². The van der Waals surface area contributed by atoms with Crippen molar-refractivity contribution < 1.29 is 9.53 Å². The topological polar surface area (TPSA) is 52.3 Å². The van der Waals surface area contributed by atoms with Gasteiger partial charge in [0.2, 0.25) is 0 Å². The Morgan fingerprint density at radius 3 is 2.65 bits per heavy atom. The third-order valence-corrected chi connectivity index (χ3v) is 3.82. The highest BCUT2D eigenvalue weighted by Gasteiger charge is 2.10. The van der Waals surface area contributed by atoms with Gasteiger partial charge in [-0.3, -0.25) is 0 Å². The first kappa shape index (κ1) is 14.6. The first-order valence-corrected chi connectivity index (χ1v) is 7.05. The van der Waals surface area contributed by atoms with E-state index in [-0.39, 0.29) is 12.6 Å². The normalized spacial score (nSPS) is 10.3. The minimum atomic E-state index is -0.370. The third kappa shape index (κ3) is 3.39. The first-order valence-electron chi connectivity index (χ1n) is 6.25. The van der Waals surface area contributed by atoms with Crippen LogP contribution in [-0.2, 0) is 11.3 Å². The fourth-order valence-corrected chi connectivity index (χ4v) is 2.10. The number of hydrogen-bond donors (Lipinski definition) is 1. The van der Waals surface area contributed by atoms with E-state index in [1.807, 2.05) is 32.0 Å². The van der Waals surface area contributed by atoms with E-state index in [1.54, 1.807) is 18.2 Å². The van der Waals surface area contributed by atoms with E-state index in [0.717, 1.165) is 21.2 Å². The van der Waals surface area contributed by atoms with Crippen molar-refractivity contribution in [2.75, 3.05) is 5.73 Å². The SMILES string of the molecule is Cc1ccc(C)c(COC(=O)c2ccc(Br)c(N)c2)c1. The summed E-state index contributed by atoms with van der Waals surface area (Å²) in [6.07, 6.45) is 0. The molecule has 0 bridgehead atoms. The molecule has 20 heavy (non-hydrogen) atoms. The monoisotopic (exact) mass is 333 g/mol. The molecular formula is C16H16BrNO2. The molecule has 0 atom stereocenters. The molecular weight excluding hydrogens is 318 g/mol. The first-order chi connectivity index (χ1) is 9.47. The van der Waals surface area contributed by atoms with Crippen LogP contribution >= 0.6 is 15.9 Å². The lowest BCUT2D eigenvalue weighted by molar-refractivity contribution is 0.0472. The summed E-state index contributed by atoms with van der Waals surface area (Å²) < 4.78 is 6.10. The quantitative estimate of drug-likeness (QED) is 0.682. The van der Waals surface area contributed by atoms with Gasteiger partial charge < -0.3 is 10.5 Å². The van der Waals surface area contributed by atoms with Crippen molar-refractivity contribution in [3.63, 3.8) is 0 Å². The maximum Gasteiger partial charge on any atom is 0.338 e. The molecule has 0 aromatic heterocycles. The molecule has 0 radical (unpaired) electrons. The molecule has 104 valence electrons. The second kappa shape index (κ2) is 6.09. The van der Waals surface area contributed by atoms with Gasteiger partial charge in [0.25, 0.3) is 0 Å². The van der Waals surface area contributed by atoms with Gasteiger partial charge in [0.1, 0.15) is 6.61 Å². The summed E-state index contributed by atoms with van der Waals surface area (Å²) in [7, 11) is 0. The van der Waals surface area contributed by atoms with Crippen LogP contribution in [-0.4, -0.2) is 5.97 Å². The van der Waals surface area contributed by atoms with Gasteiger partial charge in [-0.15, -0.1) is 0 Å². The number of anilines is 1. The van der Waals surface area contributed by atoms with Crippen molar-refractivity contribution in [2.24, 2.45) is 0 Å². The van der Waals surface area contributed by atoms with Gasteiger partial charge in [-0.1, -0.05) is 23.8 Å². The molecule has 2 rings (SSSR count). The highest BCUT2D eigenvalue weighted by atomic mass is 79.9. The standard InChI is InChI=1S/C16H16BrNO2/c1-10-3-4-11(2)13(7-10)9-20-16(19)12-5-6-14(17)15(18)8-12/h3-8H,9,18H2,1-2H3. The van der Waals surface area contributed by atoms with Crippen molar-refractivity contribution in [1.82, 2.24) is 0 Å². The molecule has 0 unspecified atom stereocenters. The van der Waals surface area contributed by atoms with Crippen molar-refractivity contribution in [1.29, 1.82) is 0 Å². The number of halogens is 1. The van der Waals surface area contributed by atoms with E-state index in [0.29, 0.717) is 11.3 Å². The van der Waals surface area contributed by atoms with E-state index in [2.05, 4.69) is 15.9 Å². The van der Waals surface area contributed by atoms with Crippen molar-refractivity contribution in [2.45, 2.75) is 20.5 Å². The van der Waals surface area contributed by atoms with E-state index in [4.69, 9.17) is 10.5 Å². The average Bonchev–Trinajstić information content (AvgIpc) is 2.42. The van der Waals surface area contributed by atoms with E-state index < -0.39 is 0 Å². The molecule has 0 aliphatic carbocycles. The largest absolute Gasteiger partial charge is 0.457 e. The second-order valence-electron chi connectivity index (χ2n) is 4.74. The van der Waals surface area contributed by atoms with Crippen LogP contribution in [0.2, 0.25) is 0 Å². The summed E-state index contributed by atoms with van der Waals surface area (Å²) in [5.41, 5.74) is 10.0. The summed E-state index contributed by atoms with van der Waals surface area (Å²) in [6.45, 7) is 4.28. The third-order valence-electron chi connectivity index (χ3n) is 3.10. The number of ether oxygens (including phenoxy) is 1. The molecule has 0 aliphatic rings. The number of aryl methyl sites for hydroxylation is 2. The molecule has 2 aromatic rings. The maximum absolute atomic E-state index is 12.0. The minimum absolute atomic E-state index is 0.266. The Balaban J connectivity index is 2.08. The van der Waals surface area contributed by atoms with Crippen LogP contribution in [0.25, 0.3) is 0 Å². The summed E-state index contributed by atoms with van der Waals surface area (Å²) in [4.78, 5) is 12.0. The van der Waals surface area contributed by atoms with Crippen molar-refractivity contribution >= 4 is 27.6 Å². The number of carbonyl (C=O) groups is 1. The predicted octanol–water partition coefficient (Wildman–Crippen LogP) is 4.01. The Labute approximate surface area is 126 Å². The number of nitrogens with two attached hydrogens (primary N) is 1. The van der Waals surface area contributed by atoms with E-state index in [1.165, 1.54) is 0 Å². The van der Waals surface area contributed by atoms with Crippen molar-refractivity contribution in [3.05, 3.63) is 63.1 Å². The van der Waals surface area contributed by atoms with Crippen LogP contribution in [0.5, 0.6) is 0 Å². The number of carbonyl (C=O) groups excluding carboxylic acids is 1. The van der Waals surface area contributed by atoms with Gasteiger partial charge >= 0.3 is 5.97 Å². The molecule has 2 N–H and O–H groups in total.